The summed E-state index contributed by atoms with van der Waals surface area (Å²) in [7, 11) is 2.09. The van der Waals surface area contributed by atoms with Gasteiger partial charge in [0.15, 0.2) is 0 Å². The summed E-state index contributed by atoms with van der Waals surface area (Å²) in [5.41, 5.74) is 0.212. The Morgan fingerprint density at radius 2 is 1.82 bits per heavy atom. The van der Waals surface area contributed by atoms with Crippen molar-refractivity contribution < 1.29 is 5.11 Å². The Balaban J connectivity index is 3.77. The first-order chi connectivity index (χ1) is 4.88. The van der Waals surface area contributed by atoms with Crippen LogP contribution in [0.15, 0.2) is 0 Å². The molecule has 0 radical (unpaired) electrons. The van der Waals surface area contributed by atoms with Crippen LogP contribution in [0.5, 0.6) is 0 Å². The van der Waals surface area contributed by atoms with E-state index in [-0.39, 0.29) is 12.1 Å². The van der Waals surface area contributed by atoms with E-state index in [1.807, 2.05) is 0 Å². The summed E-state index contributed by atoms with van der Waals surface area (Å²) in [5, 5.41) is 8.82. The monoisotopic (exact) mass is 159 g/mol. The fourth-order valence-electron chi connectivity index (χ4n) is 0.799. The molecule has 0 aliphatic heterocycles. The summed E-state index contributed by atoms with van der Waals surface area (Å²) in [5.74, 6) is 0.374. The van der Waals surface area contributed by atoms with Gasteiger partial charge in [-0.3, -0.25) is 0 Å². The van der Waals surface area contributed by atoms with E-state index in [1.54, 1.807) is 0 Å². The Kier molecular flexibility index (Phi) is 4.04. The minimum absolute atomic E-state index is 0.212. The molecule has 0 heterocycles. The lowest BCUT2D eigenvalue weighted by Gasteiger charge is -2.33. The van der Waals surface area contributed by atoms with E-state index < -0.39 is 0 Å². The Morgan fingerprint density at radius 1 is 1.36 bits per heavy atom. The lowest BCUT2D eigenvalue weighted by Crippen LogP contribution is -2.41. The van der Waals surface area contributed by atoms with E-state index in [1.165, 1.54) is 0 Å². The van der Waals surface area contributed by atoms with Gasteiger partial charge in [-0.05, 0) is 33.7 Å². The third-order valence-electron chi connectivity index (χ3n) is 2.04. The van der Waals surface area contributed by atoms with Crippen molar-refractivity contribution in [2.75, 3.05) is 20.2 Å². The number of nitrogens with zero attached hydrogens (tertiary/aromatic N) is 1. The van der Waals surface area contributed by atoms with E-state index in [0.717, 1.165) is 6.54 Å². The summed E-state index contributed by atoms with van der Waals surface area (Å²) in [6.45, 7) is 9.83. The first-order valence-corrected chi connectivity index (χ1v) is 4.20. The fourth-order valence-corrected chi connectivity index (χ4v) is 0.799. The standard InChI is InChI=1S/C9H21NO/c1-8(7-11)6-10(5)9(2,3)4/h8,11H,6-7H2,1-5H3. The molecule has 68 valence electrons. The van der Waals surface area contributed by atoms with Crippen molar-refractivity contribution in [1.29, 1.82) is 0 Å². The van der Waals surface area contributed by atoms with Crippen molar-refractivity contribution >= 4 is 0 Å². The molecule has 0 spiro atoms. The fraction of sp³-hybridized carbons (Fsp3) is 1.00. The van der Waals surface area contributed by atoms with Gasteiger partial charge >= 0.3 is 0 Å². The van der Waals surface area contributed by atoms with Crippen molar-refractivity contribution in [2.45, 2.75) is 33.2 Å². The van der Waals surface area contributed by atoms with Crippen LogP contribution >= 0.6 is 0 Å². The van der Waals surface area contributed by atoms with Crippen molar-refractivity contribution in [3.63, 3.8) is 0 Å². The molecule has 0 rings (SSSR count). The first kappa shape index (κ1) is 10.9. The number of rotatable bonds is 3. The SMILES string of the molecule is CC(CO)CN(C)C(C)(C)C. The topological polar surface area (TPSA) is 23.5 Å². The average Bonchev–Trinajstić information content (AvgIpc) is 1.85. The zero-order valence-electron chi connectivity index (χ0n) is 8.39. The molecular weight excluding hydrogens is 138 g/mol. The minimum Gasteiger partial charge on any atom is -0.396 e. The molecule has 0 saturated carbocycles. The second-order valence-corrected chi connectivity index (χ2v) is 4.34. The van der Waals surface area contributed by atoms with Gasteiger partial charge in [-0.15, -0.1) is 0 Å². The number of aliphatic hydroxyl groups is 1. The van der Waals surface area contributed by atoms with Crippen LogP contribution in [0.3, 0.4) is 0 Å². The predicted octanol–water partition coefficient (Wildman–Crippen LogP) is 1.35. The quantitative estimate of drug-likeness (QED) is 0.672. The third-order valence-corrected chi connectivity index (χ3v) is 2.04. The van der Waals surface area contributed by atoms with Crippen LogP contribution in [-0.2, 0) is 0 Å². The lowest BCUT2D eigenvalue weighted by molar-refractivity contribution is 0.124. The minimum atomic E-state index is 0.212. The highest BCUT2D eigenvalue weighted by atomic mass is 16.3. The highest BCUT2D eigenvalue weighted by molar-refractivity contribution is 4.73. The molecule has 0 aromatic rings. The van der Waals surface area contributed by atoms with Gasteiger partial charge in [0, 0.05) is 18.7 Å². The summed E-state index contributed by atoms with van der Waals surface area (Å²) in [6, 6.07) is 0. The molecule has 0 aromatic heterocycles. The van der Waals surface area contributed by atoms with Crippen LogP contribution in [0.25, 0.3) is 0 Å². The molecule has 1 atom stereocenters. The summed E-state index contributed by atoms with van der Waals surface area (Å²) in [6.07, 6.45) is 0. The van der Waals surface area contributed by atoms with Gasteiger partial charge in [0.25, 0.3) is 0 Å². The van der Waals surface area contributed by atoms with Gasteiger partial charge in [-0.25, -0.2) is 0 Å². The van der Waals surface area contributed by atoms with Crippen LogP contribution in [0.4, 0.5) is 0 Å². The molecule has 11 heavy (non-hydrogen) atoms. The van der Waals surface area contributed by atoms with E-state index in [2.05, 4.69) is 39.6 Å². The van der Waals surface area contributed by atoms with Crippen LogP contribution in [0.2, 0.25) is 0 Å². The van der Waals surface area contributed by atoms with E-state index in [0.29, 0.717) is 5.92 Å². The van der Waals surface area contributed by atoms with E-state index >= 15 is 0 Å². The Labute approximate surface area is 70.2 Å². The molecule has 0 aliphatic rings. The zero-order chi connectivity index (χ0) is 9.07. The summed E-state index contributed by atoms with van der Waals surface area (Å²) >= 11 is 0. The number of aliphatic hydroxyl groups excluding tert-OH is 1. The van der Waals surface area contributed by atoms with Crippen LogP contribution in [0.1, 0.15) is 27.7 Å². The lowest BCUT2D eigenvalue weighted by atomic mass is 10.0. The molecule has 0 saturated heterocycles. The number of hydrogen-bond donors (Lipinski definition) is 1. The molecule has 0 aliphatic carbocycles. The maximum Gasteiger partial charge on any atom is 0.0468 e. The maximum atomic E-state index is 8.82. The molecule has 0 fully saturated rings. The molecular formula is C9H21NO. The van der Waals surface area contributed by atoms with E-state index in [4.69, 9.17) is 5.11 Å². The van der Waals surface area contributed by atoms with Crippen molar-refractivity contribution in [2.24, 2.45) is 5.92 Å². The Bertz CT molecular complexity index is 107. The average molecular weight is 159 g/mol. The summed E-state index contributed by atoms with van der Waals surface area (Å²) < 4.78 is 0. The molecule has 1 N–H and O–H groups in total. The molecule has 1 unspecified atom stereocenters. The highest BCUT2D eigenvalue weighted by Crippen LogP contribution is 2.11. The first-order valence-electron chi connectivity index (χ1n) is 4.20. The zero-order valence-corrected chi connectivity index (χ0v) is 8.39. The Hall–Kier alpha value is -0.0800. The maximum absolute atomic E-state index is 8.82. The van der Waals surface area contributed by atoms with Crippen LogP contribution in [0, 0.1) is 5.92 Å². The van der Waals surface area contributed by atoms with Crippen molar-refractivity contribution in [1.82, 2.24) is 4.90 Å². The Morgan fingerprint density at radius 3 is 2.09 bits per heavy atom. The molecule has 0 bridgehead atoms. The molecule has 0 amide bonds. The van der Waals surface area contributed by atoms with E-state index in [9.17, 15) is 0 Å². The van der Waals surface area contributed by atoms with Gasteiger partial charge in [0.05, 0.1) is 0 Å². The largest absolute Gasteiger partial charge is 0.396 e. The molecule has 0 aromatic carbocycles. The highest BCUT2D eigenvalue weighted by Gasteiger charge is 2.18. The summed E-state index contributed by atoms with van der Waals surface area (Å²) in [4.78, 5) is 2.26. The second kappa shape index (κ2) is 4.07. The number of hydrogen-bond acceptors (Lipinski definition) is 2. The van der Waals surface area contributed by atoms with Gasteiger partial charge in [-0.1, -0.05) is 6.92 Å². The van der Waals surface area contributed by atoms with Crippen molar-refractivity contribution in [3.05, 3.63) is 0 Å². The second-order valence-electron chi connectivity index (χ2n) is 4.34. The van der Waals surface area contributed by atoms with Crippen LogP contribution in [-0.4, -0.2) is 35.7 Å². The predicted molar refractivity (Wildman–Crippen MR) is 48.6 cm³/mol. The molecule has 2 heteroatoms. The van der Waals surface area contributed by atoms with Gasteiger partial charge in [0.2, 0.25) is 0 Å². The molecule has 2 nitrogen and oxygen atoms in total. The van der Waals surface area contributed by atoms with Gasteiger partial charge < -0.3 is 10.0 Å². The van der Waals surface area contributed by atoms with Crippen molar-refractivity contribution in [3.8, 4) is 0 Å². The van der Waals surface area contributed by atoms with Gasteiger partial charge in [0.1, 0.15) is 0 Å². The third kappa shape index (κ3) is 4.38. The van der Waals surface area contributed by atoms with Crippen LogP contribution < -0.4 is 0 Å². The smallest absolute Gasteiger partial charge is 0.0468 e. The van der Waals surface area contributed by atoms with Gasteiger partial charge in [-0.2, -0.15) is 0 Å². The normalized spacial score (nSPS) is 15.5.